The van der Waals surface area contributed by atoms with Crippen LogP contribution in [0.25, 0.3) is 73.4 Å². The topological polar surface area (TPSA) is 0 Å². The van der Waals surface area contributed by atoms with Crippen LogP contribution in [-0.4, -0.2) is 0 Å². The summed E-state index contributed by atoms with van der Waals surface area (Å²) in [5.74, 6) is 0. The zero-order valence-corrected chi connectivity index (χ0v) is 27.1. The molecule has 2 aromatic heterocycles. The van der Waals surface area contributed by atoms with Crippen molar-refractivity contribution >= 4 is 75.2 Å². The summed E-state index contributed by atoms with van der Waals surface area (Å²) >= 11 is 3.81. The van der Waals surface area contributed by atoms with Crippen molar-refractivity contribution in [1.29, 1.82) is 0 Å². The maximum absolute atomic E-state index is 2.47. The molecule has 0 saturated carbocycles. The summed E-state index contributed by atoms with van der Waals surface area (Å²) in [5.41, 5.74) is 4.13. The maximum atomic E-state index is 2.47. The van der Waals surface area contributed by atoms with Crippen LogP contribution in [0.3, 0.4) is 0 Å². The molecule has 0 aliphatic rings. The van der Waals surface area contributed by atoms with E-state index < -0.39 is 0 Å². The quantitative estimate of drug-likeness (QED) is 0.175. The van der Waals surface area contributed by atoms with E-state index in [0.717, 1.165) is 0 Å². The predicted octanol–water partition coefficient (Wildman–Crippen LogP) is 13.6. The molecule has 0 unspecified atom stereocenters. The number of thiophene rings is 2. The van der Waals surface area contributed by atoms with E-state index in [4.69, 9.17) is 0 Å². The first-order valence-corrected chi connectivity index (χ1v) is 16.9. The lowest BCUT2D eigenvalue weighted by atomic mass is 9.82. The smallest absolute Gasteiger partial charge is 0.0367 e. The summed E-state index contributed by atoms with van der Waals surface area (Å²) in [6.45, 7) is 11.2. The Kier molecular flexibility index (Phi) is 7.08. The van der Waals surface area contributed by atoms with Gasteiger partial charge in [-0.1, -0.05) is 114 Å². The average Bonchev–Trinajstić information content (AvgIpc) is 3.62. The minimum absolute atomic E-state index is 0.0573. The highest BCUT2D eigenvalue weighted by atomic mass is 32.1. The largest absolute Gasteiger partial charge is 0.135 e. The normalized spacial score (nSPS) is 11.9. The van der Waals surface area contributed by atoms with Crippen molar-refractivity contribution < 1.29 is 0 Å². The minimum Gasteiger partial charge on any atom is -0.135 e. The third-order valence-corrected chi connectivity index (χ3v) is 10.5. The SMILES string of the molecule is CC(C)(C)c1ccc2c(-c3cc4ccccc4s3)c3cc4ccccc4cc3c(-c3cc4ccccc4s3)c2c1.CCC. The van der Waals surface area contributed by atoms with Crippen LogP contribution in [0.4, 0.5) is 0 Å². The highest BCUT2D eigenvalue weighted by Gasteiger charge is 2.22. The Labute approximate surface area is 262 Å². The molecule has 0 saturated heterocycles. The molecule has 0 amide bonds. The van der Waals surface area contributed by atoms with Gasteiger partial charge in [0.2, 0.25) is 0 Å². The highest BCUT2D eigenvalue weighted by molar-refractivity contribution is 7.23. The number of fused-ring (bicyclic) bond motifs is 5. The number of rotatable bonds is 2. The second kappa shape index (κ2) is 10.9. The molecule has 8 aromatic rings. The van der Waals surface area contributed by atoms with E-state index in [-0.39, 0.29) is 5.41 Å². The molecule has 212 valence electrons. The van der Waals surface area contributed by atoms with Crippen molar-refractivity contribution in [1.82, 2.24) is 0 Å². The molecule has 2 heteroatoms. The monoisotopic (exact) mass is 592 g/mol. The van der Waals surface area contributed by atoms with Gasteiger partial charge in [0.05, 0.1) is 0 Å². The Hall–Kier alpha value is -3.98. The standard InChI is InChI=1S/C38H28S2.C3H8/c1-38(2,3)27-16-17-28-31(22-27)37(35-21-26-13-7-9-15-33(26)40-35)30-19-24-11-5-4-10-23(24)18-29(30)36(28)34-20-25-12-6-8-14-32(25)39-34;1-3-2/h4-22H,1-3H3;3H2,1-2H3. The van der Waals surface area contributed by atoms with Crippen LogP contribution < -0.4 is 0 Å². The first-order valence-electron chi connectivity index (χ1n) is 15.3. The van der Waals surface area contributed by atoms with E-state index >= 15 is 0 Å². The molecule has 0 radical (unpaired) electrons. The number of hydrogen-bond donors (Lipinski definition) is 0. The van der Waals surface area contributed by atoms with Gasteiger partial charge in [0, 0.05) is 30.3 Å². The first kappa shape index (κ1) is 27.8. The fourth-order valence-electron chi connectivity index (χ4n) is 6.12. The fraction of sp³-hybridized carbons (Fsp3) is 0.171. The van der Waals surface area contributed by atoms with Gasteiger partial charge < -0.3 is 0 Å². The molecule has 8 rings (SSSR count). The van der Waals surface area contributed by atoms with Crippen molar-refractivity contribution in [3.63, 3.8) is 0 Å². The third kappa shape index (κ3) is 4.93. The molecule has 43 heavy (non-hydrogen) atoms. The van der Waals surface area contributed by atoms with Crippen LogP contribution in [0.2, 0.25) is 0 Å². The van der Waals surface area contributed by atoms with Gasteiger partial charge in [0.25, 0.3) is 0 Å². The Balaban J connectivity index is 0.000000963. The van der Waals surface area contributed by atoms with Gasteiger partial charge in [-0.25, -0.2) is 0 Å². The first-order chi connectivity index (χ1) is 20.9. The van der Waals surface area contributed by atoms with E-state index in [1.54, 1.807) is 0 Å². The Morgan fingerprint density at radius 2 is 0.884 bits per heavy atom. The van der Waals surface area contributed by atoms with Gasteiger partial charge >= 0.3 is 0 Å². The van der Waals surface area contributed by atoms with Gasteiger partial charge in [0.1, 0.15) is 0 Å². The molecule has 6 aromatic carbocycles. The zero-order valence-electron chi connectivity index (χ0n) is 25.5. The van der Waals surface area contributed by atoms with E-state index in [1.165, 1.54) is 85.4 Å². The second-order valence-corrected chi connectivity index (χ2v) is 14.7. The summed E-state index contributed by atoms with van der Waals surface area (Å²) in [4.78, 5) is 2.67. The van der Waals surface area contributed by atoms with E-state index in [1.807, 2.05) is 22.7 Å². The summed E-state index contributed by atoms with van der Waals surface area (Å²) < 4.78 is 2.67. The predicted molar refractivity (Wildman–Crippen MR) is 195 cm³/mol. The Morgan fingerprint density at radius 3 is 1.35 bits per heavy atom. The summed E-state index contributed by atoms with van der Waals surface area (Å²) in [6, 6.07) is 43.2. The second-order valence-electron chi connectivity index (χ2n) is 12.5. The molecular formula is C41H36S2. The van der Waals surface area contributed by atoms with Crippen LogP contribution >= 0.6 is 22.7 Å². The van der Waals surface area contributed by atoms with Crippen LogP contribution in [0.5, 0.6) is 0 Å². The highest BCUT2D eigenvalue weighted by Crippen LogP contribution is 2.49. The van der Waals surface area contributed by atoms with Crippen molar-refractivity contribution in [3.05, 3.63) is 121 Å². The van der Waals surface area contributed by atoms with Crippen LogP contribution in [-0.2, 0) is 5.41 Å². The molecule has 2 heterocycles. The molecule has 0 aliphatic carbocycles. The van der Waals surface area contributed by atoms with Gasteiger partial charge in [-0.05, 0) is 96.5 Å². The fourth-order valence-corrected chi connectivity index (χ4v) is 8.39. The van der Waals surface area contributed by atoms with Crippen molar-refractivity contribution in [2.75, 3.05) is 0 Å². The van der Waals surface area contributed by atoms with Crippen LogP contribution in [0.1, 0.15) is 46.6 Å². The third-order valence-electron chi connectivity index (χ3n) is 8.19. The van der Waals surface area contributed by atoms with Gasteiger partial charge in [-0.3, -0.25) is 0 Å². The van der Waals surface area contributed by atoms with Gasteiger partial charge in [-0.2, -0.15) is 0 Å². The zero-order chi connectivity index (χ0) is 29.7. The molecule has 0 aliphatic heterocycles. The average molecular weight is 593 g/mol. The van der Waals surface area contributed by atoms with Crippen molar-refractivity contribution in [2.24, 2.45) is 0 Å². The van der Waals surface area contributed by atoms with Crippen molar-refractivity contribution in [3.8, 4) is 20.9 Å². The van der Waals surface area contributed by atoms with E-state index in [0.29, 0.717) is 0 Å². The minimum atomic E-state index is 0.0573. The number of benzene rings is 6. The van der Waals surface area contributed by atoms with E-state index in [9.17, 15) is 0 Å². The molecule has 0 nitrogen and oxygen atoms in total. The van der Waals surface area contributed by atoms with Crippen molar-refractivity contribution in [2.45, 2.75) is 46.5 Å². The van der Waals surface area contributed by atoms with E-state index in [2.05, 4.69) is 150 Å². The lowest BCUT2D eigenvalue weighted by Crippen LogP contribution is -2.10. The molecule has 0 atom stereocenters. The summed E-state index contributed by atoms with van der Waals surface area (Å²) in [7, 11) is 0. The lowest BCUT2D eigenvalue weighted by molar-refractivity contribution is 0.591. The molecule has 0 N–H and O–H groups in total. The maximum Gasteiger partial charge on any atom is 0.0367 e. The lowest BCUT2D eigenvalue weighted by Gasteiger charge is -2.22. The molecule has 0 bridgehead atoms. The van der Waals surface area contributed by atoms with Crippen LogP contribution in [0.15, 0.2) is 115 Å². The Morgan fingerprint density at radius 1 is 0.465 bits per heavy atom. The molecular weight excluding hydrogens is 557 g/mol. The molecule has 0 fully saturated rings. The van der Waals surface area contributed by atoms with Crippen LogP contribution in [0, 0.1) is 0 Å². The summed E-state index contributed by atoms with van der Waals surface area (Å²) in [6.07, 6.45) is 1.25. The van der Waals surface area contributed by atoms with Gasteiger partial charge in [0.15, 0.2) is 0 Å². The molecule has 0 spiro atoms. The van der Waals surface area contributed by atoms with Gasteiger partial charge in [-0.15, -0.1) is 22.7 Å². The number of hydrogen-bond acceptors (Lipinski definition) is 2. The Bertz CT molecular complexity index is 2200. The summed E-state index contributed by atoms with van der Waals surface area (Å²) in [5, 5.41) is 10.5.